The topological polar surface area (TPSA) is 12.0 Å². The van der Waals surface area contributed by atoms with E-state index in [0.29, 0.717) is 5.88 Å². The molecule has 0 radical (unpaired) electrons. The van der Waals surface area contributed by atoms with Gasteiger partial charge in [0.15, 0.2) is 0 Å². The van der Waals surface area contributed by atoms with Crippen molar-refractivity contribution in [2.45, 2.75) is 25.1 Å². The molecule has 19 heavy (non-hydrogen) atoms. The second-order valence-corrected chi connectivity index (χ2v) is 4.97. The number of anilines is 1. The minimum Gasteiger partial charge on any atom is -0.385 e. The highest BCUT2D eigenvalue weighted by Crippen LogP contribution is 2.12. The number of unbranched alkanes of at least 4 members (excludes halogenated alkanes) is 1. The van der Waals surface area contributed by atoms with Crippen molar-refractivity contribution >= 4 is 17.3 Å². The Labute approximate surface area is 120 Å². The van der Waals surface area contributed by atoms with Crippen LogP contribution in [0.25, 0.3) is 0 Å². The highest BCUT2D eigenvalue weighted by molar-refractivity contribution is 6.17. The van der Waals surface area contributed by atoms with Gasteiger partial charge in [0.05, 0.1) is 0 Å². The molecule has 2 aromatic carbocycles. The van der Waals surface area contributed by atoms with Gasteiger partial charge in [-0.1, -0.05) is 42.5 Å². The first-order valence-electron chi connectivity index (χ1n) is 6.81. The van der Waals surface area contributed by atoms with Crippen molar-refractivity contribution in [3.05, 3.63) is 65.7 Å². The lowest BCUT2D eigenvalue weighted by Crippen LogP contribution is -2.02. The van der Waals surface area contributed by atoms with Crippen LogP contribution in [0.15, 0.2) is 54.6 Å². The van der Waals surface area contributed by atoms with E-state index < -0.39 is 0 Å². The first-order chi connectivity index (χ1) is 9.38. The normalized spacial score (nSPS) is 10.4. The zero-order valence-corrected chi connectivity index (χ0v) is 11.9. The van der Waals surface area contributed by atoms with E-state index in [2.05, 4.69) is 47.8 Å². The smallest absolute Gasteiger partial charge is 0.0474 e. The Bertz CT molecular complexity index is 482. The van der Waals surface area contributed by atoms with Gasteiger partial charge in [0, 0.05) is 18.1 Å². The molecule has 0 aliphatic carbocycles. The van der Waals surface area contributed by atoms with Crippen LogP contribution in [-0.2, 0) is 12.3 Å². The molecule has 0 atom stereocenters. The van der Waals surface area contributed by atoms with E-state index in [4.69, 9.17) is 11.6 Å². The number of hydrogen-bond acceptors (Lipinski definition) is 1. The van der Waals surface area contributed by atoms with Crippen molar-refractivity contribution < 1.29 is 0 Å². The summed E-state index contributed by atoms with van der Waals surface area (Å²) in [6, 6.07) is 19.0. The van der Waals surface area contributed by atoms with Gasteiger partial charge < -0.3 is 5.32 Å². The van der Waals surface area contributed by atoms with Crippen LogP contribution in [0.3, 0.4) is 0 Å². The standard InChI is InChI=1S/C17H20ClN/c18-14-16-10-6-11-17(13-16)19-12-5-4-9-15-7-2-1-3-8-15/h1-3,6-8,10-11,13,19H,4-5,9,12,14H2. The van der Waals surface area contributed by atoms with Crippen molar-refractivity contribution in [2.24, 2.45) is 0 Å². The molecule has 2 aromatic rings. The molecule has 0 saturated heterocycles. The van der Waals surface area contributed by atoms with Gasteiger partial charge in [0.2, 0.25) is 0 Å². The summed E-state index contributed by atoms with van der Waals surface area (Å²) in [4.78, 5) is 0. The van der Waals surface area contributed by atoms with Gasteiger partial charge >= 0.3 is 0 Å². The van der Waals surface area contributed by atoms with Gasteiger partial charge in [0.1, 0.15) is 0 Å². The molecule has 0 unspecified atom stereocenters. The van der Waals surface area contributed by atoms with Gasteiger partial charge in [0.25, 0.3) is 0 Å². The second kappa shape index (κ2) is 7.85. The summed E-state index contributed by atoms with van der Waals surface area (Å²) >= 11 is 5.82. The minimum atomic E-state index is 0.573. The van der Waals surface area contributed by atoms with E-state index in [-0.39, 0.29) is 0 Å². The van der Waals surface area contributed by atoms with Crippen molar-refractivity contribution in [1.82, 2.24) is 0 Å². The second-order valence-electron chi connectivity index (χ2n) is 4.70. The molecular weight excluding hydrogens is 254 g/mol. The minimum absolute atomic E-state index is 0.573. The largest absolute Gasteiger partial charge is 0.385 e. The zero-order chi connectivity index (χ0) is 13.3. The summed E-state index contributed by atoms with van der Waals surface area (Å²) in [5.74, 6) is 0.573. The van der Waals surface area contributed by atoms with Crippen LogP contribution < -0.4 is 5.32 Å². The van der Waals surface area contributed by atoms with Crippen LogP contribution in [0.2, 0.25) is 0 Å². The summed E-state index contributed by atoms with van der Waals surface area (Å²) in [7, 11) is 0. The summed E-state index contributed by atoms with van der Waals surface area (Å²) in [6.45, 7) is 1.01. The lowest BCUT2D eigenvalue weighted by atomic mass is 10.1. The number of hydrogen-bond donors (Lipinski definition) is 1. The molecule has 100 valence electrons. The molecule has 0 saturated carbocycles. The van der Waals surface area contributed by atoms with Crippen LogP contribution in [0, 0.1) is 0 Å². The van der Waals surface area contributed by atoms with Crippen LogP contribution in [0.1, 0.15) is 24.0 Å². The maximum absolute atomic E-state index is 5.82. The van der Waals surface area contributed by atoms with Crippen LogP contribution >= 0.6 is 11.6 Å². The van der Waals surface area contributed by atoms with Gasteiger partial charge in [-0.2, -0.15) is 0 Å². The Morgan fingerprint density at radius 2 is 1.63 bits per heavy atom. The van der Waals surface area contributed by atoms with E-state index in [1.807, 2.05) is 12.1 Å². The quantitative estimate of drug-likeness (QED) is 0.561. The summed E-state index contributed by atoms with van der Waals surface area (Å²) < 4.78 is 0. The fraction of sp³-hybridized carbons (Fsp3) is 0.294. The predicted molar refractivity (Wildman–Crippen MR) is 83.9 cm³/mol. The van der Waals surface area contributed by atoms with Crippen molar-refractivity contribution in [3.63, 3.8) is 0 Å². The Hall–Kier alpha value is -1.47. The van der Waals surface area contributed by atoms with Crippen molar-refractivity contribution in [1.29, 1.82) is 0 Å². The third-order valence-electron chi connectivity index (χ3n) is 3.15. The third kappa shape index (κ3) is 4.96. The molecular formula is C17H20ClN. The third-order valence-corrected chi connectivity index (χ3v) is 3.45. The first kappa shape index (κ1) is 14.0. The molecule has 2 rings (SSSR count). The number of rotatable bonds is 7. The number of nitrogens with one attached hydrogen (secondary N) is 1. The molecule has 2 heteroatoms. The van der Waals surface area contributed by atoms with Gasteiger partial charge in [-0.3, -0.25) is 0 Å². The maximum atomic E-state index is 5.82. The highest BCUT2D eigenvalue weighted by atomic mass is 35.5. The fourth-order valence-electron chi connectivity index (χ4n) is 2.10. The molecule has 0 aromatic heterocycles. The first-order valence-corrected chi connectivity index (χ1v) is 7.34. The van der Waals surface area contributed by atoms with E-state index in [0.717, 1.165) is 24.2 Å². The zero-order valence-electron chi connectivity index (χ0n) is 11.1. The van der Waals surface area contributed by atoms with Gasteiger partial charge in [-0.15, -0.1) is 11.6 Å². The number of benzene rings is 2. The van der Waals surface area contributed by atoms with Gasteiger partial charge in [-0.05, 0) is 42.5 Å². The molecule has 1 nitrogen and oxygen atoms in total. The van der Waals surface area contributed by atoms with Crippen molar-refractivity contribution in [2.75, 3.05) is 11.9 Å². The molecule has 0 aliphatic rings. The average Bonchev–Trinajstić information content (AvgIpc) is 2.48. The molecule has 0 aliphatic heterocycles. The fourth-order valence-corrected chi connectivity index (χ4v) is 2.26. The Kier molecular flexibility index (Phi) is 5.77. The lowest BCUT2D eigenvalue weighted by molar-refractivity contribution is 0.763. The number of aryl methyl sites for hydroxylation is 1. The van der Waals surface area contributed by atoms with Crippen LogP contribution in [0.5, 0.6) is 0 Å². The Morgan fingerprint density at radius 1 is 0.842 bits per heavy atom. The summed E-state index contributed by atoms with van der Waals surface area (Å²) in [5, 5.41) is 3.45. The van der Waals surface area contributed by atoms with E-state index in [1.165, 1.54) is 18.4 Å². The van der Waals surface area contributed by atoms with E-state index >= 15 is 0 Å². The number of halogens is 1. The van der Waals surface area contributed by atoms with Gasteiger partial charge in [-0.25, -0.2) is 0 Å². The molecule has 0 amide bonds. The average molecular weight is 274 g/mol. The van der Waals surface area contributed by atoms with Crippen LogP contribution in [-0.4, -0.2) is 6.54 Å². The Morgan fingerprint density at radius 3 is 2.42 bits per heavy atom. The SMILES string of the molecule is ClCc1cccc(NCCCCc2ccccc2)c1. The molecule has 0 bridgehead atoms. The van der Waals surface area contributed by atoms with Crippen LogP contribution in [0.4, 0.5) is 5.69 Å². The number of alkyl halides is 1. The van der Waals surface area contributed by atoms with E-state index in [1.54, 1.807) is 0 Å². The monoisotopic (exact) mass is 273 g/mol. The molecule has 0 fully saturated rings. The maximum Gasteiger partial charge on any atom is 0.0474 e. The lowest BCUT2D eigenvalue weighted by Gasteiger charge is -2.07. The molecule has 0 heterocycles. The molecule has 0 spiro atoms. The van der Waals surface area contributed by atoms with Crippen molar-refractivity contribution in [3.8, 4) is 0 Å². The molecule has 1 N–H and O–H groups in total. The Balaban J connectivity index is 1.66. The highest BCUT2D eigenvalue weighted by Gasteiger charge is 1.95. The summed E-state index contributed by atoms with van der Waals surface area (Å²) in [6.07, 6.45) is 3.55. The van der Waals surface area contributed by atoms with E-state index in [9.17, 15) is 0 Å². The predicted octanol–water partition coefficient (Wildman–Crippen LogP) is 4.86. The summed E-state index contributed by atoms with van der Waals surface area (Å²) in [5.41, 5.74) is 3.75.